The molecule has 0 radical (unpaired) electrons. The van der Waals surface area contributed by atoms with Gasteiger partial charge in [-0.05, 0) is 19.1 Å². The highest BCUT2D eigenvalue weighted by atomic mass is 32.1. The summed E-state index contributed by atoms with van der Waals surface area (Å²) in [6.45, 7) is 1.91. The number of aryl methyl sites for hydroxylation is 1. The van der Waals surface area contributed by atoms with Gasteiger partial charge in [-0.3, -0.25) is 4.79 Å². The Bertz CT molecular complexity index is 822. The Morgan fingerprint density at radius 1 is 1.39 bits per heavy atom. The number of thiazole rings is 1. The van der Waals surface area contributed by atoms with E-state index in [1.165, 1.54) is 11.3 Å². The van der Waals surface area contributed by atoms with Gasteiger partial charge in [0.2, 0.25) is 5.91 Å². The van der Waals surface area contributed by atoms with Crippen molar-refractivity contribution in [3.05, 3.63) is 64.4 Å². The Hall–Kier alpha value is -2.80. The van der Waals surface area contributed by atoms with Crippen LogP contribution in [0.3, 0.4) is 0 Å². The summed E-state index contributed by atoms with van der Waals surface area (Å²) in [7, 11) is 0. The molecule has 3 aromatic rings. The lowest BCUT2D eigenvalue weighted by Crippen LogP contribution is -2.19. The highest BCUT2D eigenvalue weighted by Crippen LogP contribution is 2.08. The van der Waals surface area contributed by atoms with Gasteiger partial charge in [-0.25, -0.2) is 15.1 Å². The molecule has 1 amide bonds. The van der Waals surface area contributed by atoms with E-state index in [2.05, 4.69) is 20.6 Å². The fraction of sp³-hybridized carbons (Fsp3) is 0.125. The quantitative estimate of drug-likeness (QED) is 0.578. The second-order valence-corrected chi connectivity index (χ2v) is 5.94. The van der Waals surface area contributed by atoms with E-state index in [0.29, 0.717) is 0 Å². The third-order valence-corrected chi connectivity index (χ3v) is 3.86. The molecule has 0 saturated carbocycles. The van der Waals surface area contributed by atoms with Crippen LogP contribution in [0.1, 0.15) is 16.3 Å². The molecule has 0 aliphatic rings. The number of hydrogen-bond acceptors (Lipinski definition) is 5. The number of nitrogens with zero attached hydrogens (tertiary/aromatic N) is 4. The molecular weight excluding hydrogens is 310 g/mol. The highest BCUT2D eigenvalue weighted by molar-refractivity contribution is 7.09. The van der Waals surface area contributed by atoms with Crippen molar-refractivity contribution in [1.29, 1.82) is 0 Å². The van der Waals surface area contributed by atoms with Crippen molar-refractivity contribution >= 4 is 23.5 Å². The van der Waals surface area contributed by atoms with E-state index >= 15 is 0 Å². The van der Waals surface area contributed by atoms with Gasteiger partial charge in [0.15, 0.2) is 0 Å². The van der Waals surface area contributed by atoms with Crippen LogP contribution >= 0.6 is 11.3 Å². The van der Waals surface area contributed by atoms with E-state index in [9.17, 15) is 4.79 Å². The Kier molecular flexibility index (Phi) is 4.58. The van der Waals surface area contributed by atoms with Crippen molar-refractivity contribution in [2.24, 2.45) is 5.10 Å². The molecule has 3 rings (SSSR count). The molecule has 0 aliphatic heterocycles. The van der Waals surface area contributed by atoms with Crippen LogP contribution < -0.4 is 5.43 Å². The number of carbonyl (C=O) groups is 1. The maximum Gasteiger partial charge on any atom is 0.246 e. The van der Waals surface area contributed by atoms with Crippen LogP contribution in [-0.4, -0.2) is 26.9 Å². The van der Waals surface area contributed by atoms with E-state index in [4.69, 9.17) is 0 Å². The molecule has 0 aliphatic carbocycles. The first kappa shape index (κ1) is 15.1. The van der Waals surface area contributed by atoms with Crippen molar-refractivity contribution in [2.75, 3.05) is 0 Å². The molecule has 7 heteroatoms. The van der Waals surface area contributed by atoms with Crippen LogP contribution in [0.4, 0.5) is 0 Å². The maximum atomic E-state index is 11.8. The Labute approximate surface area is 137 Å². The van der Waals surface area contributed by atoms with Gasteiger partial charge in [0.1, 0.15) is 0 Å². The normalized spacial score (nSPS) is 11.0. The number of amides is 1. The van der Waals surface area contributed by atoms with Crippen molar-refractivity contribution in [1.82, 2.24) is 20.2 Å². The molecule has 23 heavy (non-hydrogen) atoms. The topological polar surface area (TPSA) is 72.2 Å². The minimum Gasteiger partial charge on any atom is -0.273 e. The summed E-state index contributed by atoms with van der Waals surface area (Å²) in [4.78, 5) is 16.0. The number of benzene rings is 1. The molecule has 1 aromatic carbocycles. The second kappa shape index (κ2) is 6.97. The molecular formula is C16H15N5OS. The Morgan fingerprint density at radius 2 is 2.22 bits per heavy atom. The minimum absolute atomic E-state index is 0.193. The molecule has 1 N–H and O–H groups in total. The number of carbonyl (C=O) groups excluding carboxylic acids is 1. The summed E-state index contributed by atoms with van der Waals surface area (Å²) in [5.74, 6) is -0.193. The van der Waals surface area contributed by atoms with Gasteiger partial charge >= 0.3 is 0 Å². The number of para-hydroxylation sites is 1. The van der Waals surface area contributed by atoms with E-state index < -0.39 is 0 Å². The second-order valence-electron chi connectivity index (χ2n) is 4.88. The van der Waals surface area contributed by atoms with Crippen LogP contribution in [0.5, 0.6) is 0 Å². The Morgan fingerprint density at radius 3 is 2.96 bits per heavy atom. The predicted molar refractivity (Wildman–Crippen MR) is 89.9 cm³/mol. The van der Waals surface area contributed by atoms with Crippen molar-refractivity contribution in [3.8, 4) is 5.69 Å². The lowest BCUT2D eigenvalue weighted by Gasteiger charge is -1.98. The van der Waals surface area contributed by atoms with Crippen LogP contribution in [0, 0.1) is 6.92 Å². The molecule has 0 fully saturated rings. The summed E-state index contributed by atoms with van der Waals surface area (Å²) in [6.07, 6.45) is 5.32. The standard InChI is InChI=1S/C16H15N5OS/c1-12-19-14(11-23-12)7-16(22)20-17-8-13-9-18-21(10-13)15-5-3-2-4-6-15/h2-6,8-11H,7H2,1H3,(H,20,22)/b17-8-. The number of rotatable bonds is 5. The fourth-order valence-corrected chi connectivity index (χ4v) is 2.61. The maximum absolute atomic E-state index is 11.8. The third-order valence-electron chi connectivity index (χ3n) is 3.03. The molecule has 0 bridgehead atoms. The number of hydrazone groups is 1. The van der Waals surface area contributed by atoms with Gasteiger partial charge in [0, 0.05) is 17.1 Å². The number of hydrogen-bond donors (Lipinski definition) is 1. The van der Waals surface area contributed by atoms with Gasteiger partial charge in [-0.15, -0.1) is 11.3 Å². The molecule has 116 valence electrons. The van der Waals surface area contributed by atoms with E-state index in [0.717, 1.165) is 22.0 Å². The monoisotopic (exact) mass is 325 g/mol. The molecule has 0 atom stereocenters. The lowest BCUT2D eigenvalue weighted by molar-refractivity contribution is -0.120. The largest absolute Gasteiger partial charge is 0.273 e. The third kappa shape index (κ3) is 4.10. The molecule has 2 heterocycles. The smallest absolute Gasteiger partial charge is 0.246 e. The van der Waals surface area contributed by atoms with E-state index in [-0.39, 0.29) is 12.3 Å². The van der Waals surface area contributed by atoms with Gasteiger partial charge < -0.3 is 0 Å². The molecule has 6 nitrogen and oxygen atoms in total. The average molecular weight is 325 g/mol. The van der Waals surface area contributed by atoms with Crippen LogP contribution in [0.15, 0.2) is 53.2 Å². The van der Waals surface area contributed by atoms with Crippen LogP contribution in [0.25, 0.3) is 5.69 Å². The predicted octanol–water partition coefficient (Wildman–Crippen LogP) is 2.33. The minimum atomic E-state index is -0.193. The van der Waals surface area contributed by atoms with Crippen molar-refractivity contribution < 1.29 is 4.79 Å². The zero-order valence-electron chi connectivity index (χ0n) is 12.5. The molecule has 0 unspecified atom stereocenters. The van der Waals surface area contributed by atoms with E-state index in [1.54, 1.807) is 17.1 Å². The summed E-state index contributed by atoms with van der Waals surface area (Å²) in [6, 6.07) is 9.78. The first-order valence-corrected chi connectivity index (χ1v) is 7.92. The van der Waals surface area contributed by atoms with Crippen LogP contribution in [0.2, 0.25) is 0 Å². The van der Waals surface area contributed by atoms with Gasteiger partial charge in [-0.2, -0.15) is 10.2 Å². The first-order valence-electron chi connectivity index (χ1n) is 7.04. The summed E-state index contributed by atoms with van der Waals surface area (Å²) < 4.78 is 1.75. The number of aromatic nitrogens is 3. The zero-order chi connectivity index (χ0) is 16.1. The summed E-state index contributed by atoms with van der Waals surface area (Å²) >= 11 is 1.53. The summed E-state index contributed by atoms with van der Waals surface area (Å²) in [5.41, 5.74) is 5.03. The first-order chi connectivity index (χ1) is 11.2. The molecule has 0 saturated heterocycles. The molecule has 0 spiro atoms. The van der Waals surface area contributed by atoms with Crippen LogP contribution in [-0.2, 0) is 11.2 Å². The average Bonchev–Trinajstić information content (AvgIpc) is 3.17. The lowest BCUT2D eigenvalue weighted by atomic mass is 10.3. The zero-order valence-corrected chi connectivity index (χ0v) is 13.3. The van der Waals surface area contributed by atoms with Gasteiger partial charge in [-0.1, -0.05) is 18.2 Å². The SMILES string of the molecule is Cc1nc(CC(=O)N/N=C\c2cnn(-c3ccccc3)c2)cs1. The van der Waals surface area contributed by atoms with Crippen molar-refractivity contribution in [3.63, 3.8) is 0 Å². The number of nitrogens with one attached hydrogen (secondary N) is 1. The summed E-state index contributed by atoms with van der Waals surface area (Å²) in [5, 5.41) is 11.0. The highest BCUT2D eigenvalue weighted by Gasteiger charge is 2.05. The van der Waals surface area contributed by atoms with E-state index in [1.807, 2.05) is 48.8 Å². The fourth-order valence-electron chi connectivity index (χ4n) is 2.00. The molecule has 2 aromatic heterocycles. The van der Waals surface area contributed by atoms with Gasteiger partial charge in [0.05, 0.1) is 35.2 Å². The Balaban J connectivity index is 1.56. The van der Waals surface area contributed by atoms with Crippen molar-refractivity contribution in [2.45, 2.75) is 13.3 Å². The van der Waals surface area contributed by atoms with Gasteiger partial charge in [0.25, 0.3) is 0 Å².